The van der Waals surface area contributed by atoms with Gasteiger partial charge in [0.25, 0.3) is 0 Å². The van der Waals surface area contributed by atoms with Crippen LogP contribution in [-0.2, 0) is 15.0 Å². The van der Waals surface area contributed by atoms with E-state index in [9.17, 15) is 9.59 Å². The standard InChI is InChI=1S/C15H18O2/c1-11-8-9-15(12(2)16,14(17)10-11)13-6-4-3-5-7-13/h3-7,11H,8-10H2,1-2H3/t11-,15-/m1/s1. The number of hydrogen-bond donors (Lipinski definition) is 0. The predicted octanol–water partition coefficient (Wildman–Crippen LogP) is 2.90. The molecule has 0 aliphatic heterocycles. The summed E-state index contributed by atoms with van der Waals surface area (Å²) in [5.74, 6) is 0.481. The molecule has 90 valence electrons. The average molecular weight is 230 g/mol. The molecule has 0 N–H and O–H groups in total. The van der Waals surface area contributed by atoms with Crippen molar-refractivity contribution < 1.29 is 9.59 Å². The van der Waals surface area contributed by atoms with Crippen LogP contribution >= 0.6 is 0 Å². The van der Waals surface area contributed by atoms with Crippen molar-refractivity contribution in [1.29, 1.82) is 0 Å². The van der Waals surface area contributed by atoms with Gasteiger partial charge in [0.2, 0.25) is 0 Å². The Kier molecular flexibility index (Phi) is 3.14. The zero-order valence-electron chi connectivity index (χ0n) is 10.4. The molecule has 0 spiro atoms. The van der Waals surface area contributed by atoms with Gasteiger partial charge < -0.3 is 0 Å². The number of hydrogen-bond acceptors (Lipinski definition) is 2. The van der Waals surface area contributed by atoms with Crippen molar-refractivity contribution in [1.82, 2.24) is 0 Å². The molecule has 1 aromatic rings. The van der Waals surface area contributed by atoms with Crippen LogP contribution in [0.1, 0.15) is 38.7 Å². The summed E-state index contributed by atoms with van der Waals surface area (Å²) >= 11 is 0. The summed E-state index contributed by atoms with van der Waals surface area (Å²) in [6.07, 6.45) is 2.13. The van der Waals surface area contributed by atoms with Crippen LogP contribution in [-0.4, -0.2) is 11.6 Å². The molecule has 0 radical (unpaired) electrons. The second kappa shape index (κ2) is 4.44. The highest BCUT2D eigenvalue weighted by Crippen LogP contribution is 2.39. The minimum absolute atomic E-state index is 0.0133. The van der Waals surface area contributed by atoms with Gasteiger partial charge >= 0.3 is 0 Å². The number of carbonyl (C=O) groups excluding carboxylic acids is 2. The van der Waals surface area contributed by atoms with Crippen molar-refractivity contribution in [2.45, 2.75) is 38.5 Å². The van der Waals surface area contributed by atoms with Gasteiger partial charge in [0.15, 0.2) is 5.78 Å². The molecule has 2 atom stereocenters. The van der Waals surface area contributed by atoms with Crippen LogP contribution in [0.3, 0.4) is 0 Å². The topological polar surface area (TPSA) is 34.1 Å². The van der Waals surface area contributed by atoms with E-state index in [2.05, 4.69) is 6.92 Å². The summed E-state index contributed by atoms with van der Waals surface area (Å²) in [7, 11) is 0. The molecule has 0 bridgehead atoms. The lowest BCUT2D eigenvalue weighted by atomic mass is 9.64. The molecule has 2 nitrogen and oxygen atoms in total. The smallest absolute Gasteiger partial charge is 0.151 e. The van der Waals surface area contributed by atoms with E-state index < -0.39 is 5.41 Å². The molecule has 0 saturated heterocycles. The number of carbonyl (C=O) groups is 2. The van der Waals surface area contributed by atoms with Crippen LogP contribution in [0.25, 0.3) is 0 Å². The quantitative estimate of drug-likeness (QED) is 0.732. The third kappa shape index (κ3) is 1.92. The summed E-state index contributed by atoms with van der Waals surface area (Å²) in [4.78, 5) is 24.4. The Balaban J connectivity index is 2.48. The lowest BCUT2D eigenvalue weighted by Gasteiger charge is -2.36. The van der Waals surface area contributed by atoms with Gasteiger partial charge in [-0.1, -0.05) is 37.3 Å². The van der Waals surface area contributed by atoms with Gasteiger partial charge in [-0.3, -0.25) is 9.59 Å². The van der Waals surface area contributed by atoms with Crippen molar-refractivity contribution in [3.05, 3.63) is 35.9 Å². The van der Waals surface area contributed by atoms with E-state index in [1.807, 2.05) is 30.3 Å². The first-order valence-electron chi connectivity index (χ1n) is 6.17. The van der Waals surface area contributed by atoms with Crippen LogP contribution in [0.2, 0.25) is 0 Å². The highest BCUT2D eigenvalue weighted by atomic mass is 16.2. The predicted molar refractivity (Wildman–Crippen MR) is 66.8 cm³/mol. The molecule has 0 heterocycles. The number of Topliss-reactive ketones (excluding diaryl/α,β-unsaturated/α-hetero) is 2. The largest absolute Gasteiger partial charge is 0.299 e. The van der Waals surface area contributed by atoms with E-state index in [1.54, 1.807) is 6.92 Å². The van der Waals surface area contributed by atoms with Crippen molar-refractivity contribution in [3.8, 4) is 0 Å². The van der Waals surface area contributed by atoms with Gasteiger partial charge in [0.05, 0.1) is 0 Å². The fraction of sp³-hybridized carbons (Fsp3) is 0.467. The van der Waals surface area contributed by atoms with Gasteiger partial charge in [-0.2, -0.15) is 0 Å². The Hall–Kier alpha value is -1.44. The fourth-order valence-corrected chi connectivity index (χ4v) is 2.80. The summed E-state index contributed by atoms with van der Waals surface area (Å²) in [6.45, 7) is 3.62. The van der Waals surface area contributed by atoms with E-state index in [0.717, 1.165) is 12.0 Å². The Morgan fingerprint density at radius 3 is 2.47 bits per heavy atom. The second-order valence-corrected chi connectivity index (χ2v) is 5.10. The number of rotatable bonds is 2. The highest BCUT2D eigenvalue weighted by Gasteiger charge is 2.46. The van der Waals surface area contributed by atoms with Crippen molar-refractivity contribution in [2.24, 2.45) is 5.92 Å². The Morgan fingerprint density at radius 1 is 1.29 bits per heavy atom. The fourth-order valence-electron chi connectivity index (χ4n) is 2.80. The van der Waals surface area contributed by atoms with Crippen molar-refractivity contribution in [3.63, 3.8) is 0 Å². The van der Waals surface area contributed by atoms with Crippen molar-refractivity contribution in [2.75, 3.05) is 0 Å². The van der Waals surface area contributed by atoms with E-state index in [-0.39, 0.29) is 11.6 Å². The lowest BCUT2D eigenvalue weighted by Crippen LogP contribution is -2.46. The Bertz CT molecular complexity index is 435. The first kappa shape index (κ1) is 12.0. The lowest BCUT2D eigenvalue weighted by molar-refractivity contribution is -0.137. The number of ketones is 2. The maximum Gasteiger partial charge on any atom is 0.151 e. The summed E-state index contributed by atoms with van der Waals surface area (Å²) in [6, 6.07) is 9.49. The molecule has 2 rings (SSSR count). The van der Waals surface area contributed by atoms with Crippen LogP contribution in [0.15, 0.2) is 30.3 Å². The summed E-state index contributed by atoms with van der Waals surface area (Å²) in [5.41, 5.74) is -0.00211. The molecule has 1 aliphatic rings. The molecule has 0 aromatic heterocycles. The number of benzene rings is 1. The monoisotopic (exact) mass is 230 g/mol. The molecule has 1 fully saturated rings. The van der Waals surface area contributed by atoms with E-state index in [0.29, 0.717) is 18.8 Å². The first-order valence-corrected chi connectivity index (χ1v) is 6.17. The highest BCUT2D eigenvalue weighted by molar-refractivity contribution is 6.12. The van der Waals surface area contributed by atoms with E-state index in [1.165, 1.54) is 0 Å². The molecular formula is C15H18O2. The Labute approximate surface area is 102 Å². The van der Waals surface area contributed by atoms with Crippen LogP contribution in [0.5, 0.6) is 0 Å². The van der Waals surface area contributed by atoms with Gasteiger partial charge in [-0.25, -0.2) is 0 Å². The van der Waals surface area contributed by atoms with E-state index in [4.69, 9.17) is 0 Å². The zero-order chi connectivity index (χ0) is 12.5. The second-order valence-electron chi connectivity index (χ2n) is 5.10. The minimum atomic E-state index is -0.867. The summed E-state index contributed by atoms with van der Waals surface area (Å²) < 4.78 is 0. The first-order chi connectivity index (χ1) is 8.07. The maximum atomic E-state index is 12.3. The molecule has 17 heavy (non-hydrogen) atoms. The van der Waals surface area contributed by atoms with Gasteiger partial charge in [0, 0.05) is 6.42 Å². The maximum absolute atomic E-state index is 12.3. The van der Waals surface area contributed by atoms with Crippen LogP contribution in [0, 0.1) is 5.92 Å². The van der Waals surface area contributed by atoms with Crippen LogP contribution < -0.4 is 0 Å². The molecule has 1 aliphatic carbocycles. The van der Waals surface area contributed by atoms with Gasteiger partial charge in [0.1, 0.15) is 11.2 Å². The third-order valence-corrected chi connectivity index (χ3v) is 3.89. The third-order valence-electron chi connectivity index (χ3n) is 3.89. The minimum Gasteiger partial charge on any atom is -0.299 e. The molecule has 2 heteroatoms. The van der Waals surface area contributed by atoms with Crippen LogP contribution in [0.4, 0.5) is 0 Å². The molecule has 0 unspecified atom stereocenters. The van der Waals surface area contributed by atoms with Gasteiger partial charge in [-0.05, 0) is 31.2 Å². The normalized spacial score (nSPS) is 29.1. The average Bonchev–Trinajstić information content (AvgIpc) is 2.30. The van der Waals surface area contributed by atoms with Crippen molar-refractivity contribution >= 4 is 11.6 Å². The van der Waals surface area contributed by atoms with Gasteiger partial charge in [-0.15, -0.1) is 0 Å². The molecule has 0 amide bonds. The SMILES string of the molecule is CC(=O)[C@@]1(c2ccccc2)CC[C@@H](C)CC1=O. The molecule has 1 saturated carbocycles. The zero-order valence-corrected chi connectivity index (χ0v) is 10.4. The Morgan fingerprint density at radius 2 is 1.94 bits per heavy atom. The molecule has 1 aromatic carbocycles. The molecular weight excluding hydrogens is 212 g/mol. The summed E-state index contributed by atoms with van der Waals surface area (Å²) in [5, 5.41) is 0. The van der Waals surface area contributed by atoms with E-state index >= 15 is 0 Å².